The van der Waals surface area contributed by atoms with Gasteiger partial charge in [0, 0.05) is 38.5 Å². The zero-order valence-electron chi connectivity index (χ0n) is 12.2. The van der Waals surface area contributed by atoms with Crippen molar-refractivity contribution < 1.29 is 13.2 Å². The Kier molecular flexibility index (Phi) is 4.61. The maximum atomic E-state index is 12.0. The Labute approximate surface area is 125 Å². The van der Waals surface area contributed by atoms with Gasteiger partial charge in [-0.05, 0) is 31.6 Å². The van der Waals surface area contributed by atoms with Gasteiger partial charge in [-0.25, -0.2) is 18.1 Å². The van der Waals surface area contributed by atoms with Crippen molar-refractivity contribution in [3.63, 3.8) is 0 Å². The van der Waals surface area contributed by atoms with Crippen molar-refractivity contribution in [2.24, 2.45) is 5.92 Å². The van der Waals surface area contributed by atoms with Gasteiger partial charge in [0.25, 0.3) is 0 Å². The first-order valence-corrected chi connectivity index (χ1v) is 9.36. The van der Waals surface area contributed by atoms with Crippen molar-refractivity contribution in [3.05, 3.63) is 18.2 Å². The van der Waals surface area contributed by atoms with Crippen LogP contribution in [0.5, 0.6) is 0 Å². The van der Waals surface area contributed by atoms with E-state index in [2.05, 4.69) is 14.3 Å². The highest BCUT2D eigenvalue weighted by atomic mass is 32.2. The van der Waals surface area contributed by atoms with Crippen LogP contribution in [0.2, 0.25) is 0 Å². The van der Waals surface area contributed by atoms with Crippen molar-refractivity contribution in [3.8, 4) is 0 Å². The summed E-state index contributed by atoms with van der Waals surface area (Å²) in [5.74, 6) is 1.62. The van der Waals surface area contributed by atoms with Crippen molar-refractivity contribution in [2.45, 2.75) is 44.8 Å². The van der Waals surface area contributed by atoms with E-state index < -0.39 is 10.0 Å². The van der Waals surface area contributed by atoms with Gasteiger partial charge in [-0.3, -0.25) is 0 Å². The van der Waals surface area contributed by atoms with Crippen LogP contribution in [-0.2, 0) is 27.7 Å². The minimum atomic E-state index is -3.19. The SMILES string of the molecule is O=S(=O)(CCC1CCCO1)NCC1CCc2nccn2C1. The fourth-order valence-corrected chi connectivity index (χ4v) is 4.29. The Morgan fingerprint density at radius 2 is 2.33 bits per heavy atom. The predicted molar refractivity (Wildman–Crippen MR) is 79.4 cm³/mol. The second kappa shape index (κ2) is 6.46. The topological polar surface area (TPSA) is 73.2 Å². The summed E-state index contributed by atoms with van der Waals surface area (Å²) in [4.78, 5) is 4.28. The van der Waals surface area contributed by atoms with Gasteiger partial charge in [0.1, 0.15) is 5.82 Å². The van der Waals surface area contributed by atoms with Crippen LogP contribution >= 0.6 is 0 Å². The minimum Gasteiger partial charge on any atom is -0.378 e. The summed E-state index contributed by atoms with van der Waals surface area (Å²) in [7, 11) is -3.19. The van der Waals surface area contributed by atoms with Gasteiger partial charge < -0.3 is 9.30 Å². The number of imidazole rings is 1. The summed E-state index contributed by atoms with van der Waals surface area (Å²) in [6.07, 6.45) is 8.46. The maximum Gasteiger partial charge on any atom is 0.211 e. The highest BCUT2D eigenvalue weighted by molar-refractivity contribution is 7.89. The first-order chi connectivity index (χ1) is 10.1. The molecule has 1 aromatic rings. The molecule has 1 aromatic heterocycles. The normalized spacial score (nSPS) is 25.9. The number of hydrogen-bond donors (Lipinski definition) is 1. The highest BCUT2D eigenvalue weighted by Crippen LogP contribution is 2.19. The first-order valence-electron chi connectivity index (χ1n) is 7.71. The van der Waals surface area contributed by atoms with Crippen molar-refractivity contribution in [1.29, 1.82) is 0 Å². The average molecular weight is 313 g/mol. The number of nitrogens with one attached hydrogen (secondary N) is 1. The molecule has 1 fully saturated rings. The minimum absolute atomic E-state index is 0.129. The molecule has 0 bridgehead atoms. The lowest BCUT2D eigenvalue weighted by Gasteiger charge is -2.24. The van der Waals surface area contributed by atoms with E-state index in [0.29, 0.717) is 18.9 Å². The molecule has 2 aliphatic heterocycles. The molecule has 0 spiro atoms. The quantitative estimate of drug-likeness (QED) is 0.848. The van der Waals surface area contributed by atoms with Gasteiger partial charge in [0.15, 0.2) is 0 Å². The molecule has 3 rings (SSSR count). The van der Waals surface area contributed by atoms with Crippen molar-refractivity contribution in [2.75, 3.05) is 18.9 Å². The van der Waals surface area contributed by atoms with E-state index in [4.69, 9.17) is 4.74 Å². The van der Waals surface area contributed by atoms with Crippen LogP contribution < -0.4 is 4.72 Å². The Hall–Kier alpha value is -0.920. The molecule has 2 aliphatic rings. The number of aromatic nitrogens is 2. The van der Waals surface area contributed by atoms with E-state index in [-0.39, 0.29) is 11.9 Å². The lowest BCUT2D eigenvalue weighted by Crippen LogP contribution is -2.35. The lowest BCUT2D eigenvalue weighted by atomic mass is 10.00. The summed E-state index contributed by atoms with van der Waals surface area (Å²) >= 11 is 0. The van der Waals surface area contributed by atoms with Gasteiger partial charge in [-0.15, -0.1) is 0 Å². The summed E-state index contributed by atoms with van der Waals surface area (Å²) in [5.41, 5.74) is 0. The Bertz CT molecular complexity index is 564. The van der Waals surface area contributed by atoms with Gasteiger partial charge in [-0.2, -0.15) is 0 Å². The molecule has 0 radical (unpaired) electrons. The molecule has 0 aliphatic carbocycles. The standard InChI is InChI=1S/C14H23N3O3S/c18-21(19,9-5-13-2-1-8-20-13)16-10-12-3-4-14-15-6-7-17(14)11-12/h6-7,12-13,16H,1-5,8-11H2. The molecule has 1 N–H and O–H groups in total. The fourth-order valence-electron chi connectivity index (χ4n) is 3.08. The van der Waals surface area contributed by atoms with E-state index in [1.54, 1.807) is 0 Å². The van der Waals surface area contributed by atoms with Crippen LogP contribution in [-0.4, -0.2) is 43.0 Å². The average Bonchev–Trinajstić information content (AvgIpc) is 3.13. The van der Waals surface area contributed by atoms with Crippen LogP contribution in [0.25, 0.3) is 0 Å². The van der Waals surface area contributed by atoms with E-state index in [1.165, 1.54) is 0 Å². The van der Waals surface area contributed by atoms with E-state index in [0.717, 1.165) is 44.7 Å². The van der Waals surface area contributed by atoms with Gasteiger partial charge in [0.2, 0.25) is 10.0 Å². The van der Waals surface area contributed by atoms with E-state index in [9.17, 15) is 8.42 Å². The smallest absolute Gasteiger partial charge is 0.211 e. The van der Waals surface area contributed by atoms with Crippen LogP contribution in [0.3, 0.4) is 0 Å². The number of fused-ring (bicyclic) bond motifs is 1. The van der Waals surface area contributed by atoms with Crippen LogP contribution in [0.15, 0.2) is 12.4 Å². The molecule has 6 nitrogen and oxygen atoms in total. The first kappa shape index (κ1) is 15.0. The molecule has 0 amide bonds. The maximum absolute atomic E-state index is 12.0. The molecule has 0 aromatic carbocycles. The van der Waals surface area contributed by atoms with Crippen molar-refractivity contribution in [1.82, 2.24) is 14.3 Å². The number of aryl methyl sites for hydroxylation is 1. The number of ether oxygens (including phenoxy) is 1. The Balaban J connectivity index is 1.43. The summed E-state index contributed by atoms with van der Waals surface area (Å²) in [5, 5.41) is 0. The van der Waals surface area contributed by atoms with Crippen molar-refractivity contribution >= 4 is 10.0 Å². The zero-order chi connectivity index (χ0) is 14.7. The Morgan fingerprint density at radius 1 is 1.43 bits per heavy atom. The molecule has 118 valence electrons. The van der Waals surface area contributed by atoms with E-state index in [1.807, 2.05) is 12.4 Å². The largest absolute Gasteiger partial charge is 0.378 e. The third kappa shape index (κ3) is 4.05. The second-order valence-electron chi connectivity index (χ2n) is 5.99. The van der Waals surface area contributed by atoms with Gasteiger partial charge in [0.05, 0.1) is 11.9 Å². The summed E-state index contributed by atoms with van der Waals surface area (Å²) in [6, 6.07) is 0. The predicted octanol–water partition coefficient (Wildman–Crippen LogP) is 0.934. The third-order valence-electron chi connectivity index (χ3n) is 4.36. The molecule has 2 atom stereocenters. The van der Waals surface area contributed by atoms with Crippen LogP contribution in [0.1, 0.15) is 31.5 Å². The third-order valence-corrected chi connectivity index (χ3v) is 5.74. The zero-order valence-corrected chi connectivity index (χ0v) is 13.0. The number of hydrogen-bond acceptors (Lipinski definition) is 4. The highest BCUT2D eigenvalue weighted by Gasteiger charge is 2.22. The van der Waals surface area contributed by atoms with Crippen LogP contribution in [0.4, 0.5) is 0 Å². The van der Waals surface area contributed by atoms with Gasteiger partial charge in [-0.1, -0.05) is 0 Å². The molecule has 3 heterocycles. The molecule has 21 heavy (non-hydrogen) atoms. The second-order valence-corrected chi connectivity index (χ2v) is 7.92. The molecule has 1 saturated heterocycles. The Morgan fingerprint density at radius 3 is 3.14 bits per heavy atom. The number of nitrogens with zero attached hydrogens (tertiary/aromatic N) is 2. The summed E-state index contributed by atoms with van der Waals surface area (Å²) < 4.78 is 34.4. The monoisotopic (exact) mass is 313 g/mol. The molecular weight excluding hydrogens is 290 g/mol. The van der Waals surface area contributed by atoms with Crippen LogP contribution in [0, 0.1) is 5.92 Å². The molecule has 7 heteroatoms. The fraction of sp³-hybridized carbons (Fsp3) is 0.786. The number of rotatable bonds is 6. The molecule has 2 unspecified atom stereocenters. The van der Waals surface area contributed by atoms with E-state index >= 15 is 0 Å². The molecule has 0 saturated carbocycles. The summed E-state index contributed by atoms with van der Waals surface area (Å²) in [6.45, 7) is 2.14. The van der Waals surface area contributed by atoms with Gasteiger partial charge >= 0.3 is 0 Å². The number of sulfonamides is 1. The molecular formula is C14H23N3O3S. The lowest BCUT2D eigenvalue weighted by molar-refractivity contribution is 0.109.